The third kappa shape index (κ3) is 8.50. The minimum atomic E-state index is 0.120. The Morgan fingerprint density at radius 2 is 0.917 bits per heavy atom. The Morgan fingerprint density at radius 1 is 0.556 bits per heavy atom. The van der Waals surface area contributed by atoms with Crippen LogP contribution in [0.3, 0.4) is 0 Å². The summed E-state index contributed by atoms with van der Waals surface area (Å²) in [6.45, 7) is 2.91. The molecule has 0 unspecified atom stereocenters. The fourth-order valence-electron chi connectivity index (χ4n) is 6.01. The molecular weight excluding hydrogens is 444 g/mol. The van der Waals surface area contributed by atoms with Crippen molar-refractivity contribution in [3.05, 3.63) is 71.8 Å². The summed E-state index contributed by atoms with van der Waals surface area (Å²) < 4.78 is 0. The fourth-order valence-corrected chi connectivity index (χ4v) is 6.01. The quantitative estimate of drug-likeness (QED) is 0.342. The van der Waals surface area contributed by atoms with E-state index in [2.05, 4.69) is 24.3 Å². The van der Waals surface area contributed by atoms with Crippen molar-refractivity contribution < 1.29 is 9.59 Å². The molecule has 4 heteroatoms. The SMILES string of the molecule is O=C(CCC(=O)N(Cc1ccccc1)CC1CCCCC1)N(Cc1ccccc1)CC1CCCCC1. The largest absolute Gasteiger partial charge is 0.338 e. The van der Waals surface area contributed by atoms with Crippen LogP contribution in [0, 0.1) is 11.8 Å². The number of rotatable bonds is 11. The van der Waals surface area contributed by atoms with E-state index in [0.717, 1.165) is 24.2 Å². The second-order valence-electron chi connectivity index (χ2n) is 11.0. The molecule has 2 aromatic carbocycles. The predicted molar refractivity (Wildman–Crippen MR) is 146 cm³/mol. The van der Waals surface area contributed by atoms with Gasteiger partial charge in [-0.25, -0.2) is 0 Å². The summed E-state index contributed by atoms with van der Waals surface area (Å²) in [6.07, 6.45) is 13.2. The molecule has 4 rings (SSSR count). The molecule has 2 aliphatic rings. The maximum atomic E-state index is 13.5. The minimum Gasteiger partial charge on any atom is -0.338 e. The monoisotopic (exact) mass is 488 g/mol. The molecule has 2 saturated carbocycles. The zero-order chi connectivity index (χ0) is 25.0. The summed E-state index contributed by atoms with van der Waals surface area (Å²) in [5, 5.41) is 0. The summed E-state index contributed by atoms with van der Waals surface area (Å²) >= 11 is 0. The second-order valence-corrected chi connectivity index (χ2v) is 11.0. The van der Waals surface area contributed by atoms with E-state index in [4.69, 9.17) is 0 Å². The topological polar surface area (TPSA) is 40.6 Å². The summed E-state index contributed by atoms with van der Waals surface area (Å²) in [4.78, 5) is 31.0. The lowest BCUT2D eigenvalue weighted by Crippen LogP contribution is -2.38. The highest BCUT2D eigenvalue weighted by Crippen LogP contribution is 2.27. The zero-order valence-electron chi connectivity index (χ0n) is 22.0. The van der Waals surface area contributed by atoms with Gasteiger partial charge in [-0.15, -0.1) is 0 Å². The minimum absolute atomic E-state index is 0.120. The van der Waals surface area contributed by atoms with Gasteiger partial charge in [-0.3, -0.25) is 9.59 Å². The van der Waals surface area contributed by atoms with Crippen molar-refractivity contribution in [3.63, 3.8) is 0 Å². The third-order valence-corrected chi connectivity index (χ3v) is 8.10. The lowest BCUT2D eigenvalue weighted by Gasteiger charge is -2.31. The molecule has 0 radical (unpaired) electrons. The summed E-state index contributed by atoms with van der Waals surface area (Å²) in [5.74, 6) is 1.41. The first-order valence-electron chi connectivity index (χ1n) is 14.3. The van der Waals surface area contributed by atoms with Gasteiger partial charge in [-0.2, -0.15) is 0 Å². The Balaban J connectivity index is 1.38. The number of benzene rings is 2. The smallest absolute Gasteiger partial charge is 0.223 e. The number of carbonyl (C=O) groups excluding carboxylic acids is 2. The van der Waals surface area contributed by atoms with Gasteiger partial charge in [0.15, 0.2) is 0 Å². The molecule has 0 spiro atoms. The van der Waals surface area contributed by atoms with Crippen LogP contribution in [-0.2, 0) is 22.7 Å². The van der Waals surface area contributed by atoms with Crippen LogP contribution < -0.4 is 0 Å². The Hall–Kier alpha value is -2.62. The predicted octanol–water partition coefficient (Wildman–Crippen LogP) is 6.98. The number of amides is 2. The molecule has 194 valence electrons. The highest BCUT2D eigenvalue weighted by atomic mass is 16.2. The van der Waals surface area contributed by atoms with Crippen LogP contribution in [0.15, 0.2) is 60.7 Å². The van der Waals surface area contributed by atoms with E-state index in [1.165, 1.54) is 64.2 Å². The Labute approximate surface area is 218 Å². The first-order valence-corrected chi connectivity index (χ1v) is 14.3. The molecule has 0 aliphatic heterocycles. The second kappa shape index (κ2) is 14.2. The summed E-state index contributed by atoms with van der Waals surface area (Å²) in [7, 11) is 0. The molecule has 0 saturated heterocycles. The van der Waals surface area contributed by atoms with Crippen LogP contribution in [-0.4, -0.2) is 34.7 Å². The molecule has 2 aromatic rings. The molecule has 2 amide bonds. The van der Waals surface area contributed by atoms with E-state index in [1.807, 2.05) is 46.2 Å². The van der Waals surface area contributed by atoms with E-state index in [0.29, 0.717) is 37.8 Å². The Morgan fingerprint density at radius 3 is 1.28 bits per heavy atom. The fraction of sp³-hybridized carbons (Fsp3) is 0.562. The molecule has 0 bridgehead atoms. The lowest BCUT2D eigenvalue weighted by molar-refractivity contribution is -0.138. The van der Waals surface area contributed by atoms with Gasteiger partial charge >= 0.3 is 0 Å². The van der Waals surface area contributed by atoms with Gasteiger partial charge in [-0.1, -0.05) is 99.2 Å². The van der Waals surface area contributed by atoms with Gasteiger partial charge in [0.05, 0.1) is 0 Å². The number of nitrogens with zero attached hydrogens (tertiary/aromatic N) is 2. The van der Waals surface area contributed by atoms with Crippen molar-refractivity contribution in [1.82, 2.24) is 9.80 Å². The van der Waals surface area contributed by atoms with E-state index in [1.54, 1.807) is 0 Å². The van der Waals surface area contributed by atoms with Crippen molar-refractivity contribution in [3.8, 4) is 0 Å². The normalized spacial score (nSPS) is 17.0. The molecule has 36 heavy (non-hydrogen) atoms. The molecule has 0 heterocycles. The summed E-state index contributed by atoms with van der Waals surface area (Å²) in [6, 6.07) is 20.6. The van der Waals surface area contributed by atoms with Gasteiger partial charge in [0, 0.05) is 39.0 Å². The van der Waals surface area contributed by atoms with Gasteiger partial charge < -0.3 is 9.80 Å². The van der Waals surface area contributed by atoms with Crippen molar-refractivity contribution >= 4 is 11.8 Å². The van der Waals surface area contributed by atoms with Crippen LogP contribution >= 0.6 is 0 Å². The highest BCUT2D eigenvalue weighted by molar-refractivity contribution is 5.84. The number of hydrogen-bond donors (Lipinski definition) is 0. The Bertz CT molecular complexity index is 840. The van der Waals surface area contributed by atoms with Crippen molar-refractivity contribution in [2.75, 3.05) is 13.1 Å². The van der Waals surface area contributed by atoms with Crippen molar-refractivity contribution in [1.29, 1.82) is 0 Å². The standard InChI is InChI=1S/C32H44N2O2/c35-31(33(23-27-13-5-1-6-14-27)24-28-15-7-2-8-16-28)21-22-32(36)34(25-29-17-9-3-10-18-29)26-30-19-11-4-12-20-30/h1,3,5-6,9-10,13-14,17-18,28,30H,2,4,7-8,11-12,15-16,19-26H2. The van der Waals surface area contributed by atoms with Gasteiger partial charge in [-0.05, 0) is 48.6 Å². The molecule has 0 aromatic heterocycles. The van der Waals surface area contributed by atoms with Crippen LogP contribution in [0.2, 0.25) is 0 Å². The first kappa shape index (κ1) is 26.4. The van der Waals surface area contributed by atoms with Gasteiger partial charge in [0.25, 0.3) is 0 Å². The third-order valence-electron chi connectivity index (χ3n) is 8.10. The average molecular weight is 489 g/mol. The van der Waals surface area contributed by atoms with Crippen LogP contribution in [0.4, 0.5) is 0 Å². The van der Waals surface area contributed by atoms with Gasteiger partial charge in [0.2, 0.25) is 11.8 Å². The van der Waals surface area contributed by atoms with Crippen LogP contribution in [0.25, 0.3) is 0 Å². The first-order chi connectivity index (χ1) is 17.7. The zero-order valence-corrected chi connectivity index (χ0v) is 22.0. The highest BCUT2D eigenvalue weighted by Gasteiger charge is 2.25. The van der Waals surface area contributed by atoms with E-state index in [9.17, 15) is 9.59 Å². The van der Waals surface area contributed by atoms with E-state index >= 15 is 0 Å². The number of hydrogen-bond acceptors (Lipinski definition) is 2. The molecule has 2 fully saturated rings. The van der Waals surface area contributed by atoms with E-state index < -0.39 is 0 Å². The number of carbonyl (C=O) groups is 2. The Kier molecular flexibility index (Phi) is 10.4. The molecule has 4 nitrogen and oxygen atoms in total. The maximum Gasteiger partial charge on any atom is 0.223 e. The van der Waals surface area contributed by atoms with E-state index in [-0.39, 0.29) is 11.8 Å². The lowest BCUT2D eigenvalue weighted by atomic mass is 9.88. The molecule has 0 atom stereocenters. The van der Waals surface area contributed by atoms with Crippen molar-refractivity contribution in [2.24, 2.45) is 11.8 Å². The average Bonchev–Trinajstić information content (AvgIpc) is 2.93. The molecule has 2 aliphatic carbocycles. The van der Waals surface area contributed by atoms with Gasteiger partial charge in [0.1, 0.15) is 0 Å². The molecule has 0 N–H and O–H groups in total. The van der Waals surface area contributed by atoms with Crippen LogP contribution in [0.1, 0.15) is 88.2 Å². The maximum absolute atomic E-state index is 13.5. The van der Waals surface area contributed by atoms with Crippen molar-refractivity contribution in [2.45, 2.75) is 90.1 Å². The molecular formula is C32H44N2O2. The summed E-state index contributed by atoms with van der Waals surface area (Å²) in [5.41, 5.74) is 2.33. The van der Waals surface area contributed by atoms with Crippen LogP contribution in [0.5, 0.6) is 0 Å².